The monoisotopic (exact) mass is 315 g/mol. The molecule has 1 aliphatic heterocycles. The summed E-state index contributed by atoms with van der Waals surface area (Å²) >= 11 is 0. The molecule has 2 rings (SSSR count). The quantitative estimate of drug-likeness (QED) is 0.663. The van der Waals surface area contributed by atoms with Gasteiger partial charge in [-0.3, -0.25) is 4.99 Å². The van der Waals surface area contributed by atoms with E-state index < -0.39 is 12.6 Å². The van der Waals surface area contributed by atoms with Crippen molar-refractivity contribution in [2.24, 2.45) is 4.99 Å². The molecule has 2 N–H and O–H groups in total. The van der Waals surface area contributed by atoms with Crippen LogP contribution in [0.15, 0.2) is 29.3 Å². The topological polar surface area (TPSA) is 45.7 Å². The summed E-state index contributed by atoms with van der Waals surface area (Å²) in [6, 6.07) is 7.62. The molecule has 4 nitrogen and oxygen atoms in total. The molecule has 0 spiro atoms. The van der Waals surface area contributed by atoms with Gasteiger partial charge in [0.25, 0.3) is 0 Å². The van der Waals surface area contributed by atoms with Gasteiger partial charge in [0, 0.05) is 18.5 Å². The summed E-state index contributed by atoms with van der Waals surface area (Å²) in [5.74, 6) is 1.20. The number of nitrogens with zero attached hydrogens (tertiary/aromatic N) is 1. The van der Waals surface area contributed by atoms with Crippen LogP contribution >= 0.6 is 0 Å². The zero-order valence-electron chi connectivity index (χ0n) is 12.4. The molecule has 0 aliphatic carbocycles. The Morgan fingerprint density at radius 2 is 2.14 bits per heavy atom. The van der Waals surface area contributed by atoms with Crippen LogP contribution < -0.4 is 15.4 Å². The molecular formula is C15H20F3N3O. The van der Waals surface area contributed by atoms with Crippen LogP contribution in [0.5, 0.6) is 5.75 Å². The minimum absolute atomic E-state index is 0.0198. The summed E-state index contributed by atoms with van der Waals surface area (Å²) in [5.41, 5.74) is 0.996. The third-order valence-corrected chi connectivity index (χ3v) is 3.28. The summed E-state index contributed by atoms with van der Waals surface area (Å²) in [5, 5.41) is 6.17. The Balaban J connectivity index is 2.04. The number of rotatable bonds is 4. The molecule has 22 heavy (non-hydrogen) atoms. The summed E-state index contributed by atoms with van der Waals surface area (Å²) in [4.78, 5) is 4.00. The predicted molar refractivity (Wildman–Crippen MR) is 79.1 cm³/mol. The molecule has 0 bridgehead atoms. The van der Waals surface area contributed by atoms with E-state index in [1.54, 1.807) is 0 Å². The first kappa shape index (κ1) is 16.5. The van der Waals surface area contributed by atoms with E-state index in [9.17, 15) is 13.2 Å². The normalized spacial score (nSPS) is 18.4. The molecule has 7 heteroatoms. The number of fused-ring (bicyclic) bond motifs is 1. The van der Waals surface area contributed by atoms with Crippen molar-refractivity contribution in [1.29, 1.82) is 0 Å². The van der Waals surface area contributed by atoms with Gasteiger partial charge < -0.3 is 15.4 Å². The van der Waals surface area contributed by atoms with Gasteiger partial charge in [-0.15, -0.1) is 0 Å². The van der Waals surface area contributed by atoms with Gasteiger partial charge in [0.15, 0.2) is 5.96 Å². The highest BCUT2D eigenvalue weighted by molar-refractivity contribution is 5.80. The number of nitrogens with one attached hydrogen (secondary N) is 2. The number of hydrogen-bond donors (Lipinski definition) is 2. The lowest BCUT2D eigenvalue weighted by Crippen LogP contribution is -2.41. The highest BCUT2D eigenvalue weighted by atomic mass is 19.4. The lowest BCUT2D eigenvalue weighted by molar-refractivity contribution is -0.132. The lowest BCUT2D eigenvalue weighted by Gasteiger charge is -2.28. The number of aliphatic imine (C=N–C) groups is 1. The van der Waals surface area contributed by atoms with E-state index >= 15 is 0 Å². The summed E-state index contributed by atoms with van der Waals surface area (Å²) < 4.78 is 42.2. The molecule has 1 aromatic carbocycles. The molecule has 1 atom stereocenters. The molecule has 1 heterocycles. The van der Waals surface area contributed by atoms with Crippen molar-refractivity contribution < 1.29 is 17.9 Å². The van der Waals surface area contributed by atoms with Gasteiger partial charge in [0.05, 0.1) is 25.6 Å². The number of para-hydroxylation sites is 1. The fourth-order valence-corrected chi connectivity index (χ4v) is 2.27. The highest BCUT2D eigenvalue weighted by Gasteiger charge is 2.26. The molecule has 0 aromatic heterocycles. The summed E-state index contributed by atoms with van der Waals surface area (Å²) in [6.45, 7) is 2.74. The van der Waals surface area contributed by atoms with Gasteiger partial charge in [-0.05, 0) is 13.0 Å². The Morgan fingerprint density at radius 3 is 2.86 bits per heavy atom. The largest absolute Gasteiger partial charge is 0.493 e. The second kappa shape index (κ2) is 7.38. The van der Waals surface area contributed by atoms with E-state index in [1.165, 1.54) is 0 Å². The van der Waals surface area contributed by atoms with Crippen LogP contribution in [-0.4, -0.2) is 31.8 Å². The van der Waals surface area contributed by atoms with E-state index in [0.717, 1.165) is 17.7 Å². The number of benzene rings is 1. The maximum atomic E-state index is 12.2. The second-order valence-electron chi connectivity index (χ2n) is 5.00. The zero-order chi connectivity index (χ0) is 16.0. The Kier molecular flexibility index (Phi) is 5.51. The van der Waals surface area contributed by atoms with Gasteiger partial charge in [-0.1, -0.05) is 18.2 Å². The molecule has 1 aliphatic rings. The van der Waals surface area contributed by atoms with Crippen LogP contribution in [-0.2, 0) is 0 Å². The van der Waals surface area contributed by atoms with Crippen LogP contribution in [0.2, 0.25) is 0 Å². The van der Waals surface area contributed by atoms with Crippen molar-refractivity contribution >= 4 is 5.96 Å². The van der Waals surface area contributed by atoms with Gasteiger partial charge in [0.1, 0.15) is 5.75 Å². The van der Waals surface area contributed by atoms with Crippen molar-refractivity contribution in [1.82, 2.24) is 10.6 Å². The van der Waals surface area contributed by atoms with Crippen molar-refractivity contribution in [2.45, 2.75) is 32.0 Å². The smallest absolute Gasteiger partial charge is 0.390 e. The van der Waals surface area contributed by atoms with Crippen LogP contribution in [0.3, 0.4) is 0 Å². The molecule has 1 aromatic rings. The SMILES string of the molecule is CCNC(=NCCC(F)(F)F)NC1CCOc2ccccc21. The van der Waals surface area contributed by atoms with E-state index in [-0.39, 0.29) is 12.6 Å². The second-order valence-corrected chi connectivity index (χ2v) is 5.00. The number of hydrogen-bond acceptors (Lipinski definition) is 2. The van der Waals surface area contributed by atoms with Crippen molar-refractivity contribution in [3.63, 3.8) is 0 Å². The molecule has 0 amide bonds. The van der Waals surface area contributed by atoms with Crippen LogP contribution in [0.25, 0.3) is 0 Å². The third-order valence-electron chi connectivity index (χ3n) is 3.28. The number of halogens is 3. The van der Waals surface area contributed by atoms with Crippen LogP contribution in [0, 0.1) is 0 Å². The number of guanidine groups is 1. The maximum absolute atomic E-state index is 12.2. The average molecular weight is 315 g/mol. The molecule has 1 unspecified atom stereocenters. The molecular weight excluding hydrogens is 295 g/mol. The van der Waals surface area contributed by atoms with Crippen LogP contribution in [0.4, 0.5) is 13.2 Å². The molecule has 0 saturated carbocycles. The molecule has 0 fully saturated rings. The molecule has 0 radical (unpaired) electrons. The van der Waals surface area contributed by atoms with Crippen LogP contribution in [0.1, 0.15) is 31.4 Å². The van der Waals surface area contributed by atoms with E-state index in [2.05, 4.69) is 15.6 Å². The minimum atomic E-state index is -4.19. The standard InChI is InChI=1S/C15H20F3N3O/c1-2-19-14(20-9-8-15(16,17)18)21-12-7-10-22-13-6-4-3-5-11(12)13/h3-6,12H,2,7-10H2,1H3,(H2,19,20,21). The fraction of sp³-hybridized carbons (Fsp3) is 0.533. The van der Waals surface area contributed by atoms with Gasteiger partial charge >= 0.3 is 6.18 Å². The van der Waals surface area contributed by atoms with Crippen molar-refractivity contribution in [3.05, 3.63) is 29.8 Å². The molecule has 122 valence electrons. The Morgan fingerprint density at radius 1 is 1.36 bits per heavy atom. The zero-order valence-corrected chi connectivity index (χ0v) is 12.4. The lowest BCUT2D eigenvalue weighted by atomic mass is 10.0. The van der Waals surface area contributed by atoms with Crippen molar-refractivity contribution in [2.75, 3.05) is 19.7 Å². The third kappa shape index (κ3) is 4.82. The average Bonchev–Trinajstić information content (AvgIpc) is 2.46. The fourth-order valence-electron chi connectivity index (χ4n) is 2.27. The minimum Gasteiger partial charge on any atom is -0.493 e. The Hall–Kier alpha value is -1.92. The Bertz CT molecular complexity index is 517. The first-order valence-electron chi connectivity index (χ1n) is 7.33. The van der Waals surface area contributed by atoms with Gasteiger partial charge in [0.2, 0.25) is 0 Å². The summed E-state index contributed by atoms with van der Waals surface area (Å²) in [6.07, 6.45) is -4.37. The first-order valence-corrected chi connectivity index (χ1v) is 7.33. The summed E-state index contributed by atoms with van der Waals surface area (Å²) in [7, 11) is 0. The highest BCUT2D eigenvalue weighted by Crippen LogP contribution is 2.31. The van der Waals surface area contributed by atoms with Gasteiger partial charge in [-0.25, -0.2) is 0 Å². The number of ether oxygens (including phenoxy) is 1. The first-order chi connectivity index (χ1) is 10.5. The number of alkyl halides is 3. The van der Waals surface area contributed by atoms with E-state index in [4.69, 9.17) is 4.74 Å². The Labute approximate surface area is 127 Å². The maximum Gasteiger partial charge on any atom is 0.390 e. The van der Waals surface area contributed by atoms with E-state index in [1.807, 2.05) is 31.2 Å². The van der Waals surface area contributed by atoms with E-state index in [0.29, 0.717) is 19.1 Å². The van der Waals surface area contributed by atoms with Gasteiger partial charge in [-0.2, -0.15) is 13.2 Å². The molecule has 0 saturated heterocycles. The van der Waals surface area contributed by atoms with Crippen molar-refractivity contribution in [3.8, 4) is 5.75 Å². The predicted octanol–water partition coefficient (Wildman–Crippen LogP) is 3.02.